The van der Waals surface area contributed by atoms with Gasteiger partial charge in [-0.25, -0.2) is 0 Å². The number of amides is 1. The van der Waals surface area contributed by atoms with Gasteiger partial charge >= 0.3 is 0 Å². The molecule has 4 heteroatoms. The van der Waals surface area contributed by atoms with Crippen molar-refractivity contribution in [1.29, 1.82) is 0 Å². The Kier molecular flexibility index (Phi) is 6.17. The van der Waals surface area contributed by atoms with Crippen molar-refractivity contribution in [2.45, 2.75) is 32.3 Å². The smallest absolute Gasteiger partial charge is 0.234 e. The van der Waals surface area contributed by atoms with Crippen molar-refractivity contribution in [3.63, 3.8) is 0 Å². The topological polar surface area (TPSA) is 52.6 Å². The number of rotatable bonds is 7. The number of nitrogens with one attached hydrogen (secondary N) is 1. The molecule has 1 unspecified atom stereocenters. The van der Waals surface area contributed by atoms with E-state index in [0.717, 1.165) is 0 Å². The number of hydrogen-bond acceptors (Lipinski definition) is 3. The van der Waals surface area contributed by atoms with Crippen LogP contribution in [0.4, 0.5) is 0 Å². The van der Waals surface area contributed by atoms with Crippen LogP contribution in [0.3, 0.4) is 0 Å². The van der Waals surface area contributed by atoms with Gasteiger partial charge in [-0.1, -0.05) is 37.3 Å². The Morgan fingerprint density at radius 1 is 1.35 bits per heavy atom. The van der Waals surface area contributed by atoms with Crippen molar-refractivity contribution in [2.24, 2.45) is 0 Å². The summed E-state index contributed by atoms with van der Waals surface area (Å²) in [6, 6.07) is 10.1. The summed E-state index contributed by atoms with van der Waals surface area (Å²) in [4.78, 5) is 13.7. The van der Waals surface area contributed by atoms with Crippen LogP contribution in [0, 0.1) is 0 Å². The van der Waals surface area contributed by atoms with Crippen molar-refractivity contribution in [3.05, 3.63) is 35.9 Å². The number of hydrogen-bond donors (Lipinski definition) is 2. The van der Waals surface area contributed by atoms with Crippen LogP contribution in [0.5, 0.6) is 0 Å². The molecule has 4 nitrogen and oxygen atoms in total. The SMILES string of the molecule is CC(CNC(=O)CN(C)CC(C)(C)O)c1ccccc1. The molecule has 0 spiro atoms. The van der Waals surface area contributed by atoms with Crippen molar-refractivity contribution in [2.75, 3.05) is 26.7 Å². The van der Waals surface area contributed by atoms with Gasteiger partial charge in [0.1, 0.15) is 0 Å². The molecule has 0 saturated carbocycles. The molecule has 2 N–H and O–H groups in total. The minimum Gasteiger partial charge on any atom is -0.389 e. The molecule has 0 fully saturated rings. The molecule has 20 heavy (non-hydrogen) atoms. The summed E-state index contributed by atoms with van der Waals surface area (Å²) in [6.45, 7) is 6.95. The van der Waals surface area contributed by atoms with Crippen molar-refractivity contribution < 1.29 is 9.90 Å². The molecule has 112 valence electrons. The predicted molar refractivity (Wildman–Crippen MR) is 81.7 cm³/mol. The van der Waals surface area contributed by atoms with Crippen molar-refractivity contribution in [1.82, 2.24) is 10.2 Å². The number of nitrogens with zero attached hydrogens (tertiary/aromatic N) is 1. The van der Waals surface area contributed by atoms with E-state index in [9.17, 15) is 9.90 Å². The van der Waals surface area contributed by atoms with E-state index in [2.05, 4.69) is 24.4 Å². The van der Waals surface area contributed by atoms with E-state index in [4.69, 9.17) is 0 Å². The maximum absolute atomic E-state index is 11.8. The molecule has 1 atom stereocenters. The first kappa shape index (κ1) is 16.7. The first-order chi connectivity index (χ1) is 9.28. The van der Waals surface area contributed by atoms with Crippen LogP contribution >= 0.6 is 0 Å². The maximum atomic E-state index is 11.8. The van der Waals surface area contributed by atoms with Crippen LogP contribution in [0.15, 0.2) is 30.3 Å². The van der Waals surface area contributed by atoms with Gasteiger partial charge in [-0.15, -0.1) is 0 Å². The van der Waals surface area contributed by atoms with Gasteiger partial charge in [0.15, 0.2) is 0 Å². The van der Waals surface area contributed by atoms with Crippen LogP contribution in [0.25, 0.3) is 0 Å². The van der Waals surface area contributed by atoms with Gasteiger partial charge in [-0.05, 0) is 32.4 Å². The summed E-state index contributed by atoms with van der Waals surface area (Å²) in [5.41, 5.74) is 0.435. The second kappa shape index (κ2) is 7.41. The van der Waals surface area contributed by atoms with E-state index in [-0.39, 0.29) is 5.91 Å². The quantitative estimate of drug-likeness (QED) is 0.797. The lowest BCUT2D eigenvalue weighted by atomic mass is 10.0. The number of aliphatic hydroxyl groups is 1. The normalized spacial score (nSPS) is 13.3. The van der Waals surface area contributed by atoms with Gasteiger partial charge in [-0.3, -0.25) is 9.69 Å². The molecule has 0 aliphatic heterocycles. The summed E-state index contributed by atoms with van der Waals surface area (Å²) >= 11 is 0. The molecule has 0 aliphatic rings. The Morgan fingerprint density at radius 3 is 2.50 bits per heavy atom. The standard InChI is InChI=1S/C16H26N2O2/c1-13(14-8-6-5-7-9-14)10-17-15(19)11-18(4)12-16(2,3)20/h5-9,13,20H,10-12H2,1-4H3,(H,17,19). The molecule has 1 aromatic carbocycles. The second-order valence-electron chi connectivity index (χ2n) is 6.10. The summed E-state index contributed by atoms with van der Waals surface area (Å²) in [5, 5.41) is 12.6. The molecular formula is C16H26N2O2. The van der Waals surface area contributed by atoms with Gasteiger partial charge in [0.05, 0.1) is 12.1 Å². The molecule has 0 aromatic heterocycles. The molecule has 1 rings (SSSR count). The highest BCUT2D eigenvalue weighted by Crippen LogP contribution is 2.12. The summed E-state index contributed by atoms with van der Waals surface area (Å²) < 4.78 is 0. The Balaban J connectivity index is 2.33. The van der Waals surface area contributed by atoms with Crippen LogP contribution in [0.2, 0.25) is 0 Å². The molecular weight excluding hydrogens is 252 g/mol. The third kappa shape index (κ3) is 6.68. The fourth-order valence-electron chi connectivity index (χ4n) is 2.18. The van der Waals surface area contributed by atoms with Gasteiger partial charge in [0, 0.05) is 13.1 Å². The molecule has 0 saturated heterocycles. The van der Waals surface area contributed by atoms with Crippen LogP contribution in [-0.4, -0.2) is 48.2 Å². The van der Waals surface area contributed by atoms with Crippen molar-refractivity contribution >= 4 is 5.91 Å². The highest BCUT2D eigenvalue weighted by atomic mass is 16.3. The highest BCUT2D eigenvalue weighted by Gasteiger charge is 2.17. The lowest BCUT2D eigenvalue weighted by molar-refractivity contribution is -0.122. The lowest BCUT2D eigenvalue weighted by Gasteiger charge is -2.25. The third-order valence-corrected chi connectivity index (χ3v) is 3.04. The number of carbonyl (C=O) groups is 1. The zero-order valence-corrected chi connectivity index (χ0v) is 12.9. The lowest BCUT2D eigenvalue weighted by Crippen LogP contribution is -2.42. The summed E-state index contributed by atoms with van der Waals surface area (Å²) in [5.74, 6) is 0.277. The second-order valence-corrected chi connectivity index (χ2v) is 6.10. The van der Waals surface area contributed by atoms with Crippen LogP contribution in [0.1, 0.15) is 32.3 Å². The highest BCUT2D eigenvalue weighted by molar-refractivity contribution is 5.78. The monoisotopic (exact) mass is 278 g/mol. The van der Waals surface area contributed by atoms with Crippen molar-refractivity contribution in [3.8, 4) is 0 Å². The van der Waals surface area contributed by atoms with E-state index in [1.165, 1.54) is 5.56 Å². The van der Waals surface area contributed by atoms with E-state index >= 15 is 0 Å². The molecule has 0 bridgehead atoms. The average Bonchev–Trinajstić information content (AvgIpc) is 2.34. The number of carbonyl (C=O) groups excluding carboxylic acids is 1. The molecule has 0 radical (unpaired) electrons. The fraction of sp³-hybridized carbons (Fsp3) is 0.562. The Bertz CT molecular complexity index is 412. The van der Waals surface area contributed by atoms with Crippen LogP contribution in [-0.2, 0) is 4.79 Å². The Hall–Kier alpha value is -1.39. The third-order valence-electron chi connectivity index (χ3n) is 3.04. The molecule has 1 amide bonds. The first-order valence-corrected chi connectivity index (χ1v) is 7.00. The van der Waals surface area contributed by atoms with Gasteiger partial charge in [0.2, 0.25) is 5.91 Å². The van der Waals surface area contributed by atoms with Gasteiger partial charge in [0.25, 0.3) is 0 Å². The number of likely N-dealkylation sites (N-methyl/N-ethyl adjacent to an activating group) is 1. The van der Waals surface area contributed by atoms with Gasteiger partial charge < -0.3 is 10.4 Å². The molecule has 1 aromatic rings. The van der Waals surface area contributed by atoms with E-state index in [1.54, 1.807) is 13.8 Å². The average molecular weight is 278 g/mol. The zero-order chi connectivity index (χ0) is 15.2. The van der Waals surface area contributed by atoms with E-state index in [1.807, 2.05) is 30.1 Å². The minimum absolute atomic E-state index is 0.0143. The first-order valence-electron chi connectivity index (χ1n) is 7.00. The van der Waals surface area contributed by atoms with Crippen LogP contribution < -0.4 is 5.32 Å². The number of benzene rings is 1. The summed E-state index contributed by atoms with van der Waals surface area (Å²) in [6.07, 6.45) is 0. The predicted octanol–water partition coefficient (Wildman–Crippen LogP) is 1.61. The van der Waals surface area contributed by atoms with E-state index in [0.29, 0.717) is 25.6 Å². The fourth-order valence-corrected chi connectivity index (χ4v) is 2.18. The Morgan fingerprint density at radius 2 is 1.95 bits per heavy atom. The Labute approximate surface area is 121 Å². The minimum atomic E-state index is -0.785. The van der Waals surface area contributed by atoms with E-state index < -0.39 is 5.60 Å². The largest absolute Gasteiger partial charge is 0.389 e. The molecule has 0 aliphatic carbocycles. The van der Waals surface area contributed by atoms with Gasteiger partial charge in [-0.2, -0.15) is 0 Å². The summed E-state index contributed by atoms with van der Waals surface area (Å²) in [7, 11) is 1.83. The molecule has 0 heterocycles. The zero-order valence-electron chi connectivity index (χ0n) is 12.9. The maximum Gasteiger partial charge on any atom is 0.234 e.